The van der Waals surface area contributed by atoms with Gasteiger partial charge in [-0.1, -0.05) is 40.5 Å². The van der Waals surface area contributed by atoms with E-state index in [1.54, 1.807) is 12.1 Å². The normalized spacial score (nSPS) is 24.9. The summed E-state index contributed by atoms with van der Waals surface area (Å²) in [6.07, 6.45) is 4.29. The van der Waals surface area contributed by atoms with Gasteiger partial charge in [-0.05, 0) is 53.7 Å². The highest BCUT2D eigenvalue weighted by Crippen LogP contribution is 2.64. The summed E-state index contributed by atoms with van der Waals surface area (Å²) in [5, 5.41) is 31.0. The Hall–Kier alpha value is -2.31. The summed E-state index contributed by atoms with van der Waals surface area (Å²) in [6.45, 7) is 8.43. The molecule has 7 heteroatoms. The molecule has 0 unspecified atom stereocenters. The van der Waals surface area contributed by atoms with E-state index >= 15 is 0 Å². The van der Waals surface area contributed by atoms with Gasteiger partial charge in [0.05, 0.1) is 6.61 Å². The summed E-state index contributed by atoms with van der Waals surface area (Å²) < 4.78 is 0. The molecule has 3 aliphatic carbocycles. The zero-order chi connectivity index (χ0) is 22.3. The van der Waals surface area contributed by atoms with E-state index in [1.807, 2.05) is 0 Å². The minimum atomic E-state index is -0.776. The second-order valence-electron chi connectivity index (χ2n) is 10.2. The number of fused-ring (bicyclic) bond motifs is 2. The zero-order valence-corrected chi connectivity index (χ0v) is 18.3. The van der Waals surface area contributed by atoms with E-state index in [-0.39, 0.29) is 52.5 Å². The minimum absolute atomic E-state index is 0.0661. The maximum absolute atomic E-state index is 12.5. The minimum Gasteiger partial charge on any atom is -0.508 e. The van der Waals surface area contributed by atoms with Gasteiger partial charge in [0.2, 0.25) is 0 Å². The largest absolute Gasteiger partial charge is 0.508 e. The van der Waals surface area contributed by atoms with Crippen LogP contribution in [-0.2, 0) is 15.0 Å². The van der Waals surface area contributed by atoms with Crippen LogP contribution in [0, 0.1) is 27.4 Å². The highest BCUT2D eigenvalue weighted by atomic mass is 16.9. The Morgan fingerprint density at radius 2 is 1.83 bits per heavy atom. The summed E-state index contributed by atoms with van der Waals surface area (Å²) >= 11 is 0. The molecule has 0 spiro atoms. The third kappa shape index (κ3) is 4.12. The Labute approximate surface area is 177 Å². The van der Waals surface area contributed by atoms with E-state index < -0.39 is 5.09 Å². The number of hydrogen-bond donors (Lipinski definition) is 2. The lowest BCUT2D eigenvalue weighted by molar-refractivity contribution is -0.757. The fraction of sp³-hybridized carbons (Fsp3) is 0.696. The molecule has 4 rings (SSSR count). The highest BCUT2D eigenvalue weighted by molar-refractivity contribution is 5.86. The number of carbonyl (C=O) groups excluding carboxylic acids is 1. The molecule has 7 nitrogen and oxygen atoms in total. The number of nitrogens with zero attached hydrogens (tertiary/aromatic N) is 1. The summed E-state index contributed by atoms with van der Waals surface area (Å²) in [4.78, 5) is 27.0. The molecule has 2 N–H and O–H groups in total. The number of unbranched alkanes of at least 4 members (excludes halogenated alkanes) is 2. The summed E-state index contributed by atoms with van der Waals surface area (Å²) in [5.74, 6) is 0.620. The number of rotatable bonds is 9. The second kappa shape index (κ2) is 8.08. The fourth-order valence-corrected chi connectivity index (χ4v) is 5.52. The molecule has 0 aliphatic heterocycles. The van der Waals surface area contributed by atoms with Crippen LogP contribution >= 0.6 is 0 Å². The number of ketones is 1. The number of phenolic OH excluding ortho intramolecular Hbond substituents is 2. The van der Waals surface area contributed by atoms with Crippen molar-refractivity contribution in [3.8, 4) is 11.5 Å². The van der Waals surface area contributed by atoms with Gasteiger partial charge in [-0.3, -0.25) is 4.79 Å². The van der Waals surface area contributed by atoms with Crippen molar-refractivity contribution in [1.82, 2.24) is 0 Å². The van der Waals surface area contributed by atoms with Gasteiger partial charge in [0.25, 0.3) is 5.09 Å². The van der Waals surface area contributed by atoms with E-state index in [0.29, 0.717) is 18.4 Å². The van der Waals surface area contributed by atoms with Crippen molar-refractivity contribution in [2.24, 2.45) is 17.3 Å². The van der Waals surface area contributed by atoms with Crippen LogP contribution in [-0.4, -0.2) is 27.7 Å². The maximum atomic E-state index is 12.5. The van der Waals surface area contributed by atoms with Crippen LogP contribution in [0.3, 0.4) is 0 Å². The van der Waals surface area contributed by atoms with E-state index in [4.69, 9.17) is 0 Å². The van der Waals surface area contributed by atoms with Gasteiger partial charge in [0.15, 0.2) is 0 Å². The van der Waals surface area contributed by atoms with Crippen LogP contribution in [0.25, 0.3) is 0 Å². The second-order valence-corrected chi connectivity index (χ2v) is 10.2. The smallest absolute Gasteiger partial charge is 0.294 e. The fourth-order valence-electron chi connectivity index (χ4n) is 5.52. The number of phenols is 2. The summed E-state index contributed by atoms with van der Waals surface area (Å²) in [7, 11) is 0. The van der Waals surface area contributed by atoms with Crippen molar-refractivity contribution in [2.75, 3.05) is 6.61 Å². The zero-order valence-electron chi connectivity index (χ0n) is 18.3. The predicted molar refractivity (Wildman–Crippen MR) is 112 cm³/mol. The third-order valence-corrected chi connectivity index (χ3v) is 7.57. The maximum Gasteiger partial charge on any atom is 0.294 e. The molecule has 1 aromatic rings. The van der Waals surface area contributed by atoms with Crippen LogP contribution in [0.5, 0.6) is 11.5 Å². The van der Waals surface area contributed by atoms with Crippen molar-refractivity contribution in [3.63, 3.8) is 0 Å². The quantitative estimate of drug-likeness (QED) is 0.336. The lowest BCUT2D eigenvalue weighted by atomic mass is 9.44. The number of carbonyl (C=O) groups is 1. The predicted octanol–water partition coefficient (Wildman–Crippen LogP) is 4.86. The Morgan fingerprint density at radius 1 is 1.20 bits per heavy atom. The number of Topliss-reactive ketones (excluding diaryl/α,β-unsaturated/α-hetero) is 1. The first-order valence-electron chi connectivity index (χ1n) is 10.8. The standard InChI is InChI=1S/C23H33NO6/c1-22(2,8-6-5-7-9-30-24(28)29)14-10-19(26)21(20(27)11-14)15-12-18(25)17-13-16(15)23(17,3)4/h10-11,15-17,26-27H,5-9,12-13H2,1-4H3/t15-,16-,17+/m0/s1. The monoisotopic (exact) mass is 419 g/mol. The van der Waals surface area contributed by atoms with Crippen molar-refractivity contribution in [3.05, 3.63) is 33.4 Å². The first-order chi connectivity index (χ1) is 13.9. The molecule has 2 bridgehead atoms. The lowest BCUT2D eigenvalue weighted by Crippen LogP contribution is -2.56. The van der Waals surface area contributed by atoms with Crippen molar-refractivity contribution < 1.29 is 24.9 Å². The van der Waals surface area contributed by atoms with Crippen molar-refractivity contribution in [2.45, 2.75) is 77.6 Å². The molecule has 1 aromatic carbocycles. The molecule has 3 saturated carbocycles. The van der Waals surface area contributed by atoms with Gasteiger partial charge < -0.3 is 15.1 Å². The van der Waals surface area contributed by atoms with Gasteiger partial charge in [0, 0.05) is 23.8 Å². The number of hydrogen-bond acceptors (Lipinski definition) is 6. The molecule has 30 heavy (non-hydrogen) atoms. The van der Waals surface area contributed by atoms with Gasteiger partial charge in [0.1, 0.15) is 17.3 Å². The molecule has 166 valence electrons. The first-order valence-corrected chi connectivity index (χ1v) is 10.8. The average Bonchev–Trinajstić information content (AvgIpc) is 2.62. The highest BCUT2D eigenvalue weighted by Gasteiger charge is 2.59. The molecule has 0 amide bonds. The third-order valence-electron chi connectivity index (χ3n) is 7.57. The van der Waals surface area contributed by atoms with Crippen LogP contribution in [0.15, 0.2) is 12.1 Å². The Morgan fingerprint density at radius 3 is 2.37 bits per heavy atom. The van der Waals surface area contributed by atoms with Crippen LogP contribution in [0.1, 0.15) is 83.3 Å². The Kier molecular flexibility index (Phi) is 6.03. The lowest BCUT2D eigenvalue weighted by Gasteiger charge is -2.59. The van der Waals surface area contributed by atoms with Gasteiger partial charge >= 0.3 is 0 Å². The molecule has 3 aliphatic rings. The van der Waals surface area contributed by atoms with Gasteiger partial charge in [-0.2, -0.15) is 0 Å². The number of benzene rings is 1. The van der Waals surface area contributed by atoms with Crippen LogP contribution in [0.2, 0.25) is 0 Å². The van der Waals surface area contributed by atoms with Gasteiger partial charge in [-0.15, -0.1) is 10.1 Å². The van der Waals surface area contributed by atoms with Gasteiger partial charge in [-0.25, -0.2) is 0 Å². The molecular formula is C23H33NO6. The molecule has 0 saturated heterocycles. The summed E-state index contributed by atoms with van der Waals surface area (Å²) in [5.41, 5.74) is 0.989. The average molecular weight is 420 g/mol. The van der Waals surface area contributed by atoms with Crippen molar-refractivity contribution >= 4 is 5.78 Å². The SMILES string of the molecule is CC(C)(CCCCCO[N+](=O)[O-])c1cc(O)c([C@H]2CC(=O)[C@H]3C[C@@H]2C3(C)C)c(O)c1. The van der Waals surface area contributed by atoms with E-state index in [0.717, 1.165) is 31.2 Å². The molecule has 0 heterocycles. The van der Waals surface area contributed by atoms with Crippen molar-refractivity contribution in [1.29, 1.82) is 0 Å². The Balaban J connectivity index is 1.70. The first kappa shape index (κ1) is 22.4. The van der Waals surface area contributed by atoms with E-state index in [9.17, 15) is 25.1 Å². The molecular weight excluding hydrogens is 386 g/mol. The molecule has 3 fully saturated rings. The summed E-state index contributed by atoms with van der Waals surface area (Å²) in [6, 6.07) is 3.46. The number of aromatic hydroxyl groups is 2. The molecule has 0 radical (unpaired) electrons. The molecule has 3 atom stereocenters. The van der Waals surface area contributed by atoms with E-state index in [2.05, 4.69) is 32.5 Å². The Bertz CT molecular complexity index is 808. The van der Waals surface area contributed by atoms with E-state index in [1.165, 1.54) is 0 Å². The van der Waals surface area contributed by atoms with Crippen LogP contribution in [0.4, 0.5) is 0 Å². The molecule has 0 aromatic heterocycles. The topological polar surface area (TPSA) is 110 Å². The van der Waals surface area contributed by atoms with Crippen LogP contribution < -0.4 is 0 Å².